The Morgan fingerprint density at radius 1 is 0.642 bits per heavy atom. The Labute approximate surface area is 329 Å². The molecule has 0 amide bonds. The lowest BCUT2D eigenvalue weighted by molar-refractivity contribution is -0.180. The third-order valence-electron chi connectivity index (χ3n) is 10.8. The number of imidazole rings is 1. The summed E-state index contributed by atoms with van der Waals surface area (Å²) in [5.74, 6) is -0.359. The molecule has 1 N–H and O–H groups in total. The molecule has 0 saturated carbocycles. The summed E-state index contributed by atoms with van der Waals surface area (Å²) in [5.41, 5.74) is 1.13. The maximum Gasteiger partial charge on any atom is 0.168 e. The highest BCUT2D eigenvalue weighted by Gasteiger charge is 2.40. The van der Waals surface area contributed by atoms with Crippen molar-refractivity contribution < 1.29 is 9.47 Å². The lowest BCUT2D eigenvalue weighted by atomic mass is 9.98. The van der Waals surface area contributed by atoms with E-state index in [1.165, 1.54) is 148 Å². The van der Waals surface area contributed by atoms with E-state index in [4.69, 9.17) is 9.47 Å². The van der Waals surface area contributed by atoms with Gasteiger partial charge in [-0.2, -0.15) is 0 Å². The van der Waals surface area contributed by atoms with Gasteiger partial charge in [0.05, 0.1) is 24.7 Å². The molecule has 1 aliphatic rings. The minimum absolute atomic E-state index is 0.210. The van der Waals surface area contributed by atoms with Crippen LogP contribution in [-0.2, 0) is 15.9 Å². The molecule has 5 nitrogen and oxygen atoms in total. The minimum Gasteiger partial charge on any atom is -0.351 e. The third kappa shape index (κ3) is 27.3. The molecule has 2 heterocycles. The molecule has 0 bridgehead atoms. The SMILES string of the molecule is CCCCC/C=C\C/C=C\CCCCCCCCC1(CCCCCCCC/C=C\C/C=C\CCCCCC)OC[C@H](CCN(C)CCc2c[nH]cn2)O1. The predicted octanol–water partition coefficient (Wildman–Crippen LogP) is 14.2. The van der Waals surface area contributed by atoms with Crippen LogP contribution >= 0.6 is 0 Å². The highest BCUT2D eigenvalue weighted by Crippen LogP contribution is 2.35. The van der Waals surface area contributed by atoms with Gasteiger partial charge in [-0.25, -0.2) is 4.98 Å². The highest BCUT2D eigenvalue weighted by molar-refractivity contribution is 4.95. The Balaban J connectivity index is 1.60. The Hall–Kier alpha value is -1.95. The summed E-state index contributed by atoms with van der Waals surface area (Å²) in [6.07, 6.45) is 59.2. The zero-order valence-corrected chi connectivity index (χ0v) is 35.2. The zero-order valence-electron chi connectivity index (χ0n) is 35.2. The molecule has 0 aromatic carbocycles. The van der Waals surface area contributed by atoms with Gasteiger partial charge in [0.25, 0.3) is 0 Å². The summed E-state index contributed by atoms with van der Waals surface area (Å²) in [5, 5.41) is 0. The van der Waals surface area contributed by atoms with Crippen LogP contribution in [0.15, 0.2) is 61.1 Å². The Morgan fingerprint density at radius 3 is 1.62 bits per heavy atom. The molecule has 1 saturated heterocycles. The van der Waals surface area contributed by atoms with Crippen molar-refractivity contribution in [1.82, 2.24) is 14.9 Å². The summed E-state index contributed by atoms with van der Waals surface area (Å²) in [6, 6.07) is 0. The molecule has 0 aliphatic carbocycles. The number of nitrogens with one attached hydrogen (secondary N) is 1. The van der Waals surface area contributed by atoms with Crippen molar-refractivity contribution in [2.24, 2.45) is 0 Å². The first-order valence-corrected chi connectivity index (χ1v) is 22.8. The van der Waals surface area contributed by atoms with E-state index in [9.17, 15) is 0 Å². The molecular weight excluding hydrogens is 651 g/mol. The van der Waals surface area contributed by atoms with Crippen molar-refractivity contribution in [3.05, 3.63) is 66.8 Å². The van der Waals surface area contributed by atoms with Gasteiger partial charge < -0.3 is 19.4 Å². The minimum atomic E-state index is -0.359. The highest BCUT2D eigenvalue weighted by atomic mass is 16.7. The molecule has 1 aliphatic heterocycles. The van der Waals surface area contributed by atoms with Gasteiger partial charge in [-0.15, -0.1) is 0 Å². The van der Waals surface area contributed by atoms with E-state index >= 15 is 0 Å². The second-order valence-electron chi connectivity index (χ2n) is 15.9. The quantitative estimate of drug-likeness (QED) is 0.0546. The number of ether oxygens (including phenoxy) is 2. The van der Waals surface area contributed by atoms with Crippen LogP contribution in [0.4, 0.5) is 0 Å². The number of rotatable bonds is 37. The standard InChI is InChI=1S/C48H85N3O2/c1-4-6-8-10-12-14-16-18-20-22-24-26-28-30-32-34-36-40-48(52-44-47(53-48)38-42-51(3)41-37-46-43-49-45-50-46)39-35-33-31-29-27-25-23-21-19-17-15-13-11-9-7-5-2/h13-16,19-22,43,45,47H,4-12,17-18,23-42,44H2,1-3H3,(H,49,50)/b15-13-,16-14-,21-19-,22-20-/t47-,48?/m0/s1. The average Bonchev–Trinajstić information content (AvgIpc) is 3.85. The number of hydrogen-bond donors (Lipinski definition) is 1. The van der Waals surface area contributed by atoms with Crippen LogP contribution in [0.1, 0.15) is 199 Å². The van der Waals surface area contributed by atoms with Gasteiger partial charge in [0.2, 0.25) is 0 Å². The number of aromatic nitrogens is 2. The maximum absolute atomic E-state index is 6.81. The van der Waals surface area contributed by atoms with Crippen molar-refractivity contribution in [1.29, 1.82) is 0 Å². The lowest BCUT2D eigenvalue weighted by Gasteiger charge is -2.29. The number of hydrogen-bond acceptors (Lipinski definition) is 4. The molecule has 2 atom stereocenters. The molecule has 1 unspecified atom stereocenters. The second kappa shape index (κ2) is 34.5. The van der Waals surface area contributed by atoms with E-state index in [0.717, 1.165) is 63.9 Å². The summed E-state index contributed by atoms with van der Waals surface area (Å²) in [7, 11) is 2.21. The topological polar surface area (TPSA) is 50.4 Å². The van der Waals surface area contributed by atoms with Crippen LogP contribution in [-0.4, -0.2) is 53.5 Å². The first-order valence-electron chi connectivity index (χ1n) is 22.8. The summed E-state index contributed by atoms with van der Waals surface area (Å²) in [6.45, 7) is 7.34. The molecule has 53 heavy (non-hydrogen) atoms. The van der Waals surface area contributed by atoms with Crippen molar-refractivity contribution in [3.8, 4) is 0 Å². The smallest absolute Gasteiger partial charge is 0.168 e. The van der Waals surface area contributed by atoms with Gasteiger partial charge in [-0.3, -0.25) is 0 Å². The van der Waals surface area contributed by atoms with Gasteiger partial charge in [0, 0.05) is 38.5 Å². The van der Waals surface area contributed by atoms with Crippen LogP contribution in [0.5, 0.6) is 0 Å². The van der Waals surface area contributed by atoms with Crippen molar-refractivity contribution in [3.63, 3.8) is 0 Å². The van der Waals surface area contributed by atoms with Gasteiger partial charge in [0.15, 0.2) is 5.79 Å². The molecule has 2 rings (SSSR count). The monoisotopic (exact) mass is 736 g/mol. The van der Waals surface area contributed by atoms with Gasteiger partial charge in [-0.05, 0) is 90.5 Å². The third-order valence-corrected chi connectivity index (χ3v) is 10.8. The fourth-order valence-corrected chi connectivity index (χ4v) is 7.30. The molecule has 5 heteroatoms. The normalized spacial score (nSPS) is 18.1. The van der Waals surface area contributed by atoms with Crippen LogP contribution < -0.4 is 0 Å². The fraction of sp³-hybridized carbons (Fsp3) is 0.771. The second-order valence-corrected chi connectivity index (χ2v) is 15.9. The molecule has 1 fully saturated rings. The van der Waals surface area contributed by atoms with Gasteiger partial charge in [0.1, 0.15) is 0 Å². The van der Waals surface area contributed by atoms with Crippen LogP contribution in [0, 0.1) is 0 Å². The molecule has 1 aromatic heterocycles. The molecule has 304 valence electrons. The van der Waals surface area contributed by atoms with E-state index in [0.29, 0.717) is 0 Å². The Kier molecular flexibility index (Phi) is 30.8. The molecule has 0 spiro atoms. The van der Waals surface area contributed by atoms with E-state index in [1.807, 2.05) is 6.20 Å². The van der Waals surface area contributed by atoms with Crippen LogP contribution in [0.25, 0.3) is 0 Å². The first-order chi connectivity index (χ1) is 26.2. The van der Waals surface area contributed by atoms with Crippen molar-refractivity contribution >= 4 is 0 Å². The number of allylic oxidation sites excluding steroid dienone is 8. The van der Waals surface area contributed by atoms with Gasteiger partial charge in [-0.1, -0.05) is 146 Å². The average molecular weight is 736 g/mol. The molecule has 0 radical (unpaired) electrons. The lowest BCUT2D eigenvalue weighted by Crippen LogP contribution is -2.32. The Morgan fingerprint density at radius 2 is 1.11 bits per heavy atom. The summed E-state index contributed by atoms with van der Waals surface area (Å²) in [4.78, 5) is 9.84. The van der Waals surface area contributed by atoms with Gasteiger partial charge >= 0.3 is 0 Å². The number of nitrogens with zero attached hydrogens (tertiary/aromatic N) is 2. The molecule has 1 aromatic rings. The number of unbranched alkanes of at least 4 members (excludes halogenated alkanes) is 19. The van der Waals surface area contributed by atoms with Crippen LogP contribution in [0.2, 0.25) is 0 Å². The van der Waals surface area contributed by atoms with Crippen LogP contribution in [0.3, 0.4) is 0 Å². The summed E-state index contributed by atoms with van der Waals surface area (Å²) < 4.78 is 13.4. The summed E-state index contributed by atoms with van der Waals surface area (Å²) >= 11 is 0. The number of aromatic amines is 1. The molecular formula is C48H85N3O2. The van der Waals surface area contributed by atoms with E-state index < -0.39 is 0 Å². The predicted molar refractivity (Wildman–Crippen MR) is 231 cm³/mol. The van der Waals surface area contributed by atoms with E-state index in [-0.39, 0.29) is 11.9 Å². The van der Waals surface area contributed by atoms with E-state index in [2.05, 4.69) is 84.4 Å². The number of H-pyrrole nitrogens is 1. The van der Waals surface area contributed by atoms with Crippen molar-refractivity contribution in [2.45, 2.75) is 212 Å². The maximum atomic E-state index is 6.81. The fourth-order valence-electron chi connectivity index (χ4n) is 7.30. The Bertz CT molecular complexity index is 1030. The largest absolute Gasteiger partial charge is 0.351 e. The zero-order chi connectivity index (χ0) is 37.8. The van der Waals surface area contributed by atoms with Crippen molar-refractivity contribution in [2.75, 3.05) is 26.7 Å². The van der Waals surface area contributed by atoms with E-state index in [1.54, 1.807) is 6.33 Å². The number of likely N-dealkylation sites (N-methyl/N-ethyl adjacent to an activating group) is 1. The first kappa shape index (κ1) is 47.2.